The summed E-state index contributed by atoms with van der Waals surface area (Å²) in [5.41, 5.74) is 0.845. The van der Waals surface area contributed by atoms with E-state index in [-0.39, 0.29) is 12.1 Å². The Labute approximate surface area is 130 Å². The Bertz CT molecular complexity index is 650. The molecule has 1 N–H and O–H groups in total. The van der Waals surface area contributed by atoms with Crippen LogP contribution in [-0.4, -0.2) is 65.9 Å². The van der Waals surface area contributed by atoms with Crippen LogP contribution in [0.1, 0.15) is 24.6 Å². The molecule has 2 aliphatic heterocycles. The van der Waals surface area contributed by atoms with Crippen LogP contribution < -0.4 is 5.32 Å². The first-order valence-corrected chi connectivity index (χ1v) is 9.30. The lowest BCUT2D eigenvalue weighted by molar-refractivity contribution is 0.201. The molecule has 1 aromatic heterocycles. The number of nitrogens with zero attached hydrogens (tertiary/aromatic N) is 4. The lowest BCUT2D eigenvalue weighted by atomic mass is 10.2. The van der Waals surface area contributed by atoms with E-state index in [0.29, 0.717) is 19.6 Å². The molecule has 0 aromatic carbocycles. The van der Waals surface area contributed by atoms with Gasteiger partial charge in [0.25, 0.3) is 0 Å². The van der Waals surface area contributed by atoms with Gasteiger partial charge in [0.1, 0.15) is 0 Å². The number of carbonyl (C=O) groups is 1. The molecular weight excluding hydrogens is 306 g/mol. The second-order valence-electron chi connectivity index (χ2n) is 5.86. The average molecular weight is 327 g/mol. The fraction of sp³-hybridized carbons (Fsp3) is 0.692. The predicted octanol–water partition coefficient (Wildman–Crippen LogP) is 0.00480. The summed E-state index contributed by atoms with van der Waals surface area (Å²) in [4.78, 5) is 13.9. The van der Waals surface area contributed by atoms with Gasteiger partial charge in [-0.1, -0.05) is 0 Å². The lowest BCUT2D eigenvalue weighted by Crippen LogP contribution is -2.47. The van der Waals surface area contributed by atoms with Gasteiger partial charge in [-0.25, -0.2) is 13.2 Å². The smallest absolute Gasteiger partial charge is 0.317 e. The van der Waals surface area contributed by atoms with Crippen LogP contribution >= 0.6 is 0 Å². The number of nitrogens with one attached hydrogen (secondary N) is 1. The van der Waals surface area contributed by atoms with Gasteiger partial charge in [-0.05, 0) is 18.9 Å². The Balaban J connectivity index is 1.68. The quantitative estimate of drug-likeness (QED) is 0.847. The number of fused-ring (bicyclic) bond motifs is 1. The fourth-order valence-electron chi connectivity index (χ4n) is 2.99. The molecule has 3 heterocycles. The van der Waals surface area contributed by atoms with Crippen molar-refractivity contribution in [2.45, 2.75) is 25.4 Å². The largest absolute Gasteiger partial charge is 0.336 e. The molecule has 122 valence electrons. The third kappa shape index (κ3) is 3.09. The highest BCUT2D eigenvalue weighted by atomic mass is 32.2. The van der Waals surface area contributed by atoms with Crippen molar-refractivity contribution in [2.24, 2.45) is 0 Å². The van der Waals surface area contributed by atoms with Crippen LogP contribution in [0.15, 0.2) is 12.3 Å². The number of hydrogen-bond acceptors (Lipinski definition) is 4. The van der Waals surface area contributed by atoms with Crippen LogP contribution in [0.25, 0.3) is 0 Å². The number of hydrogen-bond donors (Lipinski definition) is 1. The standard InChI is InChI=1S/C13H21N5O3S/c1-22(20,21)17-9-11-4-5-15-18(11)12(10-17)8-14-13(19)16-6-2-3-7-16/h4-5,12H,2-3,6-10H2,1H3,(H,14,19)/t12-/m0/s1. The maximum atomic E-state index is 12.1. The average Bonchev–Trinajstić information content (AvgIpc) is 3.13. The molecule has 1 atom stereocenters. The van der Waals surface area contributed by atoms with Crippen molar-refractivity contribution in [1.29, 1.82) is 0 Å². The van der Waals surface area contributed by atoms with E-state index in [1.54, 1.807) is 11.1 Å². The summed E-state index contributed by atoms with van der Waals surface area (Å²) in [6, 6.07) is 1.55. The van der Waals surface area contributed by atoms with Gasteiger partial charge in [0, 0.05) is 32.4 Å². The van der Waals surface area contributed by atoms with Crippen LogP contribution in [-0.2, 0) is 16.6 Å². The number of urea groups is 1. The molecule has 0 aliphatic carbocycles. The third-order valence-corrected chi connectivity index (χ3v) is 5.42. The molecular formula is C13H21N5O3S. The van der Waals surface area contributed by atoms with Gasteiger partial charge in [-0.2, -0.15) is 9.40 Å². The van der Waals surface area contributed by atoms with Crippen molar-refractivity contribution in [3.05, 3.63) is 18.0 Å². The highest BCUT2D eigenvalue weighted by Crippen LogP contribution is 2.21. The Morgan fingerprint density at radius 2 is 2.14 bits per heavy atom. The molecule has 22 heavy (non-hydrogen) atoms. The first kappa shape index (κ1) is 15.3. The molecule has 8 nitrogen and oxygen atoms in total. The molecule has 0 radical (unpaired) electrons. The second-order valence-corrected chi connectivity index (χ2v) is 7.84. The molecule has 0 spiro atoms. The SMILES string of the molecule is CS(=O)(=O)N1Cc2ccnn2[C@@H](CNC(=O)N2CCCC2)C1. The van der Waals surface area contributed by atoms with E-state index >= 15 is 0 Å². The van der Waals surface area contributed by atoms with Gasteiger partial charge in [0.05, 0.1) is 24.5 Å². The molecule has 0 saturated carbocycles. The van der Waals surface area contributed by atoms with Crippen LogP contribution in [0.2, 0.25) is 0 Å². The van der Waals surface area contributed by atoms with E-state index in [1.807, 2.05) is 10.7 Å². The Kier molecular flexibility index (Phi) is 4.09. The molecule has 2 aliphatic rings. The number of amides is 2. The number of carbonyl (C=O) groups excluding carboxylic acids is 1. The van der Waals surface area contributed by atoms with Crippen molar-refractivity contribution in [2.75, 3.05) is 32.4 Å². The van der Waals surface area contributed by atoms with Crippen LogP contribution in [0.4, 0.5) is 4.79 Å². The number of rotatable bonds is 3. The van der Waals surface area contributed by atoms with Crippen molar-refractivity contribution >= 4 is 16.1 Å². The fourth-order valence-corrected chi connectivity index (χ4v) is 3.80. The molecule has 2 amide bonds. The maximum Gasteiger partial charge on any atom is 0.317 e. The molecule has 1 saturated heterocycles. The second kappa shape index (κ2) is 5.88. The monoisotopic (exact) mass is 327 g/mol. The van der Waals surface area contributed by atoms with E-state index in [2.05, 4.69) is 10.4 Å². The van der Waals surface area contributed by atoms with Crippen molar-refractivity contribution in [3.63, 3.8) is 0 Å². The number of aromatic nitrogens is 2. The number of sulfonamides is 1. The van der Waals surface area contributed by atoms with Gasteiger partial charge < -0.3 is 10.2 Å². The van der Waals surface area contributed by atoms with Gasteiger partial charge >= 0.3 is 6.03 Å². The summed E-state index contributed by atoms with van der Waals surface area (Å²) in [7, 11) is -3.26. The summed E-state index contributed by atoms with van der Waals surface area (Å²) in [6.45, 7) is 2.61. The third-order valence-electron chi connectivity index (χ3n) is 4.20. The zero-order valence-corrected chi connectivity index (χ0v) is 13.4. The molecule has 3 rings (SSSR count). The predicted molar refractivity (Wildman–Crippen MR) is 80.7 cm³/mol. The Hall–Kier alpha value is -1.61. The Morgan fingerprint density at radius 3 is 2.82 bits per heavy atom. The molecule has 0 unspecified atom stereocenters. The van der Waals surface area contributed by atoms with Crippen LogP contribution in [0, 0.1) is 0 Å². The van der Waals surface area contributed by atoms with Crippen molar-refractivity contribution in [1.82, 2.24) is 24.3 Å². The molecule has 9 heteroatoms. The zero-order valence-electron chi connectivity index (χ0n) is 12.6. The van der Waals surface area contributed by atoms with Crippen molar-refractivity contribution in [3.8, 4) is 0 Å². The van der Waals surface area contributed by atoms with E-state index in [0.717, 1.165) is 31.6 Å². The summed E-state index contributed by atoms with van der Waals surface area (Å²) in [6.07, 6.45) is 4.96. The van der Waals surface area contributed by atoms with Gasteiger partial charge in [-0.15, -0.1) is 0 Å². The van der Waals surface area contributed by atoms with Crippen LogP contribution in [0.3, 0.4) is 0 Å². The molecule has 1 fully saturated rings. The van der Waals surface area contributed by atoms with E-state index in [1.165, 1.54) is 10.6 Å². The van der Waals surface area contributed by atoms with E-state index in [9.17, 15) is 13.2 Å². The highest BCUT2D eigenvalue weighted by Gasteiger charge is 2.31. The Morgan fingerprint density at radius 1 is 1.41 bits per heavy atom. The summed E-state index contributed by atoms with van der Waals surface area (Å²) >= 11 is 0. The normalized spacial score (nSPS) is 22.6. The van der Waals surface area contributed by atoms with Gasteiger partial charge in [0.15, 0.2) is 0 Å². The zero-order chi connectivity index (χ0) is 15.7. The highest BCUT2D eigenvalue weighted by molar-refractivity contribution is 7.88. The first-order chi connectivity index (χ1) is 10.4. The van der Waals surface area contributed by atoms with Gasteiger partial charge in [-0.3, -0.25) is 4.68 Å². The molecule has 0 bridgehead atoms. The molecule has 1 aromatic rings. The van der Waals surface area contributed by atoms with Crippen LogP contribution in [0.5, 0.6) is 0 Å². The lowest BCUT2D eigenvalue weighted by Gasteiger charge is -2.32. The van der Waals surface area contributed by atoms with Crippen molar-refractivity contribution < 1.29 is 13.2 Å². The first-order valence-electron chi connectivity index (χ1n) is 7.45. The number of likely N-dealkylation sites (tertiary alicyclic amines) is 1. The van der Waals surface area contributed by atoms with E-state index in [4.69, 9.17) is 0 Å². The maximum absolute atomic E-state index is 12.1. The summed E-state index contributed by atoms with van der Waals surface area (Å²) in [5.74, 6) is 0. The topological polar surface area (TPSA) is 87.5 Å². The summed E-state index contributed by atoms with van der Waals surface area (Å²) in [5, 5.41) is 7.16. The minimum atomic E-state index is -3.26. The van der Waals surface area contributed by atoms with E-state index < -0.39 is 10.0 Å². The minimum Gasteiger partial charge on any atom is -0.336 e. The summed E-state index contributed by atoms with van der Waals surface area (Å²) < 4.78 is 26.9. The minimum absolute atomic E-state index is 0.0808. The van der Waals surface area contributed by atoms with Gasteiger partial charge in [0.2, 0.25) is 10.0 Å².